The Morgan fingerprint density at radius 3 is 1.94 bits per heavy atom. The van der Waals surface area contributed by atoms with Crippen LogP contribution in [-0.2, 0) is 0 Å². The number of benzene rings is 2. The van der Waals surface area contributed by atoms with E-state index in [1.54, 1.807) is 0 Å². The predicted octanol–water partition coefficient (Wildman–Crippen LogP) is 4.11. The van der Waals surface area contributed by atoms with Crippen LogP contribution in [0.5, 0.6) is 0 Å². The molecule has 3 rings (SSSR count). The fourth-order valence-corrected chi connectivity index (χ4v) is 2.76. The highest BCUT2D eigenvalue weighted by Crippen LogP contribution is 2.45. The van der Waals surface area contributed by atoms with Crippen LogP contribution in [0.25, 0.3) is 16.0 Å². The number of nitrogens with zero attached hydrogens (tertiary/aromatic N) is 1. The van der Waals surface area contributed by atoms with E-state index in [1.165, 1.54) is 22.3 Å². The summed E-state index contributed by atoms with van der Waals surface area (Å²) in [6, 6.07) is 17.1. The van der Waals surface area contributed by atoms with E-state index in [2.05, 4.69) is 53.4 Å². The first-order valence-electron chi connectivity index (χ1n) is 5.93. The molecule has 0 fully saturated rings. The van der Waals surface area contributed by atoms with Crippen molar-refractivity contribution in [3.63, 3.8) is 0 Å². The average Bonchev–Trinajstić information content (AvgIpc) is 2.71. The first kappa shape index (κ1) is 10.1. The first-order chi connectivity index (χ1) is 8.42. The molecule has 0 atom stereocenters. The van der Waals surface area contributed by atoms with Crippen LogP contribution in [0.2, 0.25) is 0 Å². The third-order valence-electron chi connectivity index (χ3n) is 3.49. The number of fused-ring (bicyclic) bond motifs is 3. The summed E-state index contributed by atoms with van der Waals surface area (Å²) >= 11 is 0. The Morgan fingerprint density at radius 1 is 0.882 bits per heavy atom. The molecule has 17 heavy (non-hydrogen) atoms. The molecule has 0 amide bonds. The minimum Gasteiger partial charge on any atom is -0.317 e. The molecule has 1 heteroatoms. The molecule has 0 bridgehead atoms. The molecule has 1 aliphatic rings. The molecule has 2 aromatic carbocycles. The van der Waals surface area contributed by atoms with E-state index in [0.29, 0.717) is 12.5 Å². The molecule has 0 spiro atoms. The highest BCUT2D eigenvalue weighted by molar-refractivity contribution is 5.78. The Bertz CT molecular complexity index is 547. The van der Waals surface area contributed by atoms with Gasteiger partial charge in [-0.2, -0.15) is 0 Å². The third-order valence-corrected chi connectivity index (χ3v) is 3.49. The zero-order valence-electron chi connectivity index (χ0n) is 9.56. The van der Waals surface area contributed by atoms with Crippen LogP contribution in [0.3, 0.4) is 0 Å². The van der Waals surface area contributed by atoms with Gasteiger partial charge >= 0.3 is 0 Å². The monoisotopic (exact) mass is 219 g/mol. The Labute approximate surface area is 102 Å². The van der Waals surface area contributed by atoms with Gasteiger partial charge in [0.1, 0.15) is 0 Å². The van der Waals surface area contributed by atoms with Crippen molar-refractivity contribution in [2.75, 3.05) is 6.54 Å². The fourth-order valence-electron chi connectivity index (χ4n) is 2.76. The molecular weight excluding hydrogens is 206 g/mol. The standard InChI is InChI=1S/C16H13N/c1-17-11-10-16-14-8-4-2-6-12(14)13-7-3-5-9-15(13)16/h2-9,16H,10-11H2. The van der Waals surface area contributed by atoms with Crippen LogP contribution >= 0.6 is 0 Å². The Kier molecular flexibility index (Phi) is 2.42. The topological polar surface area (TPSA) is 4.36 Å². The van der Waals surface area contributed by atoms with Crippen molar-refractivity contribution < 1.29 is 0 Å². The molecule has 0 N–H and O–H groups in total. The van der Waals surface area contributed by atoms with E-state index in [0.717, 1.165) is 6.42 Å². The minimum absolute atomic E-state index is 0.413. The molecule has 1 nitrogen and oxygen atoms in total. The average molecular weight is 219 g/mol. The van der Waals surface area contributed by atoms with Gasteiger partial charge in [0.05, 0.1) is 0 Å². The summed E-state index contributed by atoms with van der Waals surface area (Å²) in [5.41, 5.74) is 5.46. The molecule has 0 unspecified atom stereocenters. The molecule has 0 saturated carbocycles. The minimum atomic E-state index is 0.413. The largest absolute Gasteiger partial charge is 0.317 e. The zero-order chi connectivity index (χ0) is 11.7. The predicted molar refractivity (Wildman–Crippen MR) is 69.8 cm³/mol. The number of rotatable bonds is 2. The van der Waals surface area contributed by atoms with Gasteiger partial charge in [0.25, 0.3) is 0 Å². The maximum Gasteiger partial charge on any atom is 0.215 e. The van der Waals surface area contributed by atoms with Gasteiger partial charge in [0.2, 0.25) is 6.54 Å². The first-order valence-corrected chi connectivity index (χ1v) is 5.93. The molecule has 82 valence electrons. The molecule has 1 aliphatic carbocycles. The van der Waals surface area contributed by atoms with Crippen molar-refractivity contribution >= 4 is 0 Å². The van der Waals surface area contributed by atoms with Gasteiger partial charge < -0.3 is 4.85 Å². The lowest BCUT2D eigenvalue weighted by Gasteiger charge is -2.09. The van der Waals surface area contributed by atoms with Gasteiger partial charge in [0, 0.05) is 12.3 Å². The summed E-state index contributed by atoms with van der Waals surface area (Å²) in [6.07, 6.45) is 0.928. The van der Waals surface area contributed by atoms with E-state index in [9.17, 15) is 0 Å². The van der Waals surface area contributed by atoms with Gasteiger partial charge in [0.15, 0.2) is 0 Å². The van der Waals surface area contributed by atoms with Crippen molar-refractivity contribution in [1.82, 2.24) is 0 Å². The van der Waals surface area contributed by atoms with Crippen molar-refractivity contribution in [3.8, 4) is 11.1 Å². The van der Waals surface area contributed by atoms with Crippen molar-refractivity contribution in [1.29, 1.82) is 0 Å². The number of hydrogen-bond donors (Lipinski definition) is 0. The van der Waals surface area contributed by atoms with E-state index < -0.39 is 0 Å². The second-order valence-electron chi connectivity index (χ2n) is 4.40. The molecule has 0 aliphatic heterocycles. The molecule has 0 saturated heterocycles. The third kappa shape index (κ3) is 1.54. The summed E-state index contributed by atoms with van der Waals surface area (Å²) in [4.78, 5) is 3.50. The van der Waals surface area contributed by atoms with Crippen LogP contribution in [0.1, 0.15) is 23.5 Å². The maximum absolute atomic E-state index is 6.96. The normalized spacial score (nSPS) is 12.9. The van der Waals surface area contributed by atoms with Crippen LogP contribution in [0.15, 0.2) is 48.5 Å². The lowest BCUT2D eigenvalue weighted by atomic mass is 9.94. The lowest BCUT2D eigenvalue weighted by molar-refractivity contribution is 0.778. The van der Waals surface area contributed by atoms with Crippen LogP contribution in [0, 0.1) is 6.57 Å². The van der Waals surface area contributed by atoms with E-state index >= 15 is 0 Å². The van der Waals surface area contributed by atoms with Crippen molar-refractivity contribution in [2.24, 2.45) is 0 Å². The van der Waals surface area contributed by atoms with E-state index in [1.807, 2.05) is 0 Å². The molecular formula is C16H13N. The van der Waals surface area contributed by atoms with Crippen LogP contribution in [-0.4, -0.2) is 6.54 Å². The van der Waals surface area contributed by atoms with Gasteiger partial charge in [-0.05, 0) is 22.3 Å². The SMILES string of the molecule is [C-]#[N+]CCC1c2ccccc2-c2ccccc21. The summed E-state index contributed by atoms with van der Waals surface area (Å²) in [6.45, 7) is 7.56. The Hall–Kier alpha value is -2.07. The van der Waals surface area contributed by atoms with Gasteiger partial charge in [-0.15, -0.1) is 0 Å². The summed E-state index contributed by atoms with van der Waals surface area (Å²) in [5.74, 6) is 0.413. The highest BCUT2D eigenvalue weighted by Gasteiger charge is 2.27. The zero-order valence-corrected chi connectivity index (χ0v) is 9.56. The smallest absolute Gasteiger partial charge is 0.215 e. The van der Waals surface area contributed by atoms with Crippen LogP contribution < -0.4 is 0 Å². The number of hydrogen-bond acceptors (Lipinski definition) is 0. The Balaban J connectivity index is 2.14. The molecule has 0 aromatic heterocycles. The van der Waals surface area contributed by atoms with Crippen molar-refractivity contribution in [3.05, 3.63) is 71.1 Å². The molecule has 0 radical (unpaired) electrons. The van der Waals surface area contributed by atoms with Crippen molar-refractivity contribution in [2.45, 2.75) is 12.3 Å². The molecule has 0 heterocycles. The highest BCUT2D eigenvalue weighted by atomic mass is 14.6. The second kappa shape index (κ2) is 4.07. The lowest BCUT2D eigenvalue weighted by Crippen LogP contribution is -1.97. The molecule has 2 aromatic rings. The fraction of sp³-hybridized carbons (Fsp3) is 0.188. The van der Waals surface area contributed by atoms with Crippen LogP contribution in [0.4, 0.5) is 0 Å². The van der Waals surface area contributed by atoms with Gasteiger partial charge in [-0.3, -0.25) is 0 Å². The van der Waals surface area contributed by atoms with E-state index in [-0.39, 0.29) is 0 Å². The van der Waals surface area contributed by atoms with Gasteiger partial charge in [-0.25, -0.2) is 6.57 Å². The Morgan fingerprint density at radius 2 is 1.41 bits per heavy atom. The summed E-state index contributed by atoms with van der Waals surface area (Å²) < 4.78 is 0. The quantitative estimate of drug-likeness (QED) is 0.669. The summed E-state index contributed by atoms with van der Waals surface area (Å²) in [5, 5.41) is 0. The maximum atomic E-state index is 6.96. The van der Waals surface area contributed by atoms with E-state index in [4.69, 9.17) is 6.57 Å². The van der Waals surface area contributed by atoms with Gasteiger partial charge in [-0.1, -0.05) is 48.5 Å². The summed E-state index contributed by atoms with van der Waals surface area (Å²) in [7, 11) is 0. The second-order valence-corrected chi connectivity index (χ2v) is 4.40.